The maximum Gasteiger partial charge on any atom is 0.241 e. The lowest BCUT2D eigenvalue weighted by atomic mass is 9.86. The first-order chi connectivity index (χ1) is 18.5. The average Bonchev–Trinajstić information content (AvgIpc) is 3.40. The number of benzene rings is 3. The van der Waals surface area contributed by atoms with Crippen molar-refractivity contribution >= 4 is 22.7 Å². The SMILES string of the molecule is Cc1cc2c(cnn2-c2ccc(F)cc2)cc1C12C(=O)N(Cc3ccccc3)C(=O)C1C2c1ccccn1. The molecule has 2 aromatic heterocycles. The number of carbonyl (C=O) groups is 2. The van der Waals surface area contributed by atoms with Crippen LogP contribution in [0.3, 0.4) is 0 Å². The highest BCUT2D eigenvalue weighted by Crippen LogP contribution is 2.70. The lowest BCUT2D eigenvalue weighted by Crippen LogP contribution is -2.38. The molecule has 5 aromatic rings. The summed E-state index contributed by atoms with van der Waals surface area (Å²) in [7, 11) is 0. The summed E-state index contributed by atoms with van der Waals surface area (Å²) in [5.74, 6) is -1.47. The van der Waals surface area contributed by atoms with Crippen LogP contribution in [0.5, 0.6) is 0 Å². The number of hydrogen-bond acceptors (Lipinski definition) is 4. The Kier molecular flexibility index (Phi) is 4.85. The molecule has 0 bridgehead atoms. The molecule has 3 heterocycles. The predicted molar refractivity (Wildman–Crippen MR) is 140 cm³/mol. The van der Waals surface area contributed by atoms with Crippen LogP contribution < -0.4 is 0 Å². The summed E-state index contributed by atoms with van der Waals surface area (Å²) in [5, 5.41) is 5.39. The molecule has 2 aliphatic rings. The molecule has 0 radical (unpaired) electrons. The number of hydrogen-bond donors (Lipinski definition) is 0. The third-order valence-electron chi connectivity index (χ3n) is 7.96. The molecule has 6 nitrogen and oxygen atoms in total. The first kappa shape index (κ1) is 22.5. The van der Waals surface area contributed by atoms with Gasteiger partial charge in [-0.15, -0.1) is 0 Å². The van der Waals surface area contributed by atoms with Crippen molar-refractivity contribution in [1.82, 2.24) is 19.7 Å². The zero-order chi connectivity index (χ0) is 26.0. The van der Waals surface area contributed by atoms with Gasteiger partial charge >= 0.3 is 0 Å². The fraction of sp³-hybridized carbons (Fsp3) is 0.161. The normalized spacial score (nSPS) is 22.2. The molecule has 1 saturated carbocycles. The topological polar surface area (TPSA) is 68.1 Å². The van der Waals surface area contributed by atoms with E-state index in [9.17, 15) is 14.0 Å². The predicted octanol–water partition coefficient (Wildman–Crippen LogP) is 5.09. The number of imide groups is 1. The Morgan fingerprint density at radius 3 is 2.42 bits per heavy atom. The number of likely N-dealkylation sites (tertiary alicyclic amines) is 1. The Balaban J connectivity index is 1.36. The van der Waals surface area contributed by atoms with Crippen molar-refractivity contribution in [2.24, 2.45) is 5.92 Å². The Hall–Kier alpha value is -4.65. The van der Waals surface area contributed by atoms with E-state index in [0.717, 1.165) is 39.0 Å². The fourth-order valence-corrected chi connectivity index (χ4v) is 6.22. The second-order valence-corrected chi connectivity index (χ2v) is 10.1. The Morgan fingerprint density at radius 1 is 0.921 bits per heavy atom. The van der Waals surface area contributed by atoms with E-state index in [1.165, 1.54) is 17.0 Å². The molecule has 1 aliphatic heterocycles. The molecule has 0 N–H and O–H groups in total. The monoisotopic (exact) mass is 502 g/mol. The standard InChI is InChI=1S/C31H23FN4O2/c1-19-15-26-21(17-34-36(26)23-12-10-22(32)11-13-23)16-24(19)31-27(25-9-5-6-14-33-25)28(31)29(37)35(30(31)38)18-20-7-3-2-4-8-20/h2-17,27-28H,18H2,1H3. The molecule has 7 rings (SSSR count). The molecule has 1 aliphatic carbocycles. The van der Waals surface area contributed by atoms with E-state index in [1.807, 2.05) is 67.6 Å². The number of nitrogens with zero attached hydrogens (tertiary/aromatic N) is 4. The number of pyridine rings is 1. The van der Waals surface area contributed by atoms with Gasteiger partial charge < -0.3 is 0 Å². The number of carbonyl (C=O) groups excluding carboxylic acids is 2. The highest BCUT2D eigenvalue weighted by Gasteiger charge is 2.80. The highest BCUT2D eigenvalue weighted by molar-refractivity contribution is 6.17. The van der Waals surface area contributed by atoms with E-state index in [1.54, 1.807) is 29.2 Å². The zero-order valence-electron chi connectivity index (χ0n) is 20.6. The van der Waals surface area contributed by atoms with Gasteiger partial charge in [-0.2, -0.15) is 5.10 Å². The third-order valence-corrected chi connectivity index (χ3v) is 7.96. The lowest BCUT2D eigenvalue weighted by molar-refractivity contribution is -0.142. The van der Waals surface area contributed by atoms with Crippen molar-refractivity contribution in [3.8, 4) is 5.69 Å². The molecule has 3 unspecified atom stereocenters. The molecule has 3 aromatic carbocycles. The molecule has 0 spiro atoms. The summed E-state index contributed by atoms with van der Waals surface area (Å²) in [4.78, 5) is 33.9. The first-order valence-electron chi connectivity index (χ1n) is 12.6. The smallest absolute Gasteiger partial charge is 0.241 e. The van der Waals surface area contributed by atoms with E-state index in [2.05, 4.69) is 10.1 Å². The number of aryl methyl sites for hydroxylation is 1. The molecule has 2 fully saturated rings. The van der Waals surface area contributed by atoms with Gasteiger partial charge in [0.2, 0.25) is 11.8 Å². The van der Waals surface area contributed by atoms with Gasteiger partial charge in [0.1, 0.15) is 5.82 Å². The van der Waals surface area contributed by atoms with Crippen molar-refractivity contribution in [3.63, 3.8) is 0 Å². The van der Waals surface area contributed by atoms with Crippen molar-refractivity contribution in [2.75, 3.05) is 0 Å². The lowest BCUT2D eigenvalue weighted by Gasteiger charge is -2.24. The van der Waals surface area contributed by atoms with Crippen molar-refractivity contribution in [2.45, 2.75) is 24.8 Å². The van der Waals surface area contributed by atoms with E-state index in [0.29, 0.717) is 0 Å². The molecule has 38 heavy (non-hydrogen) atoms. The van der Waals surface area contributed by atoms with Crippen LogP contribution in [0, 0.1) is 18.7 Å². The van der Waals surface area contributed by atoms with Crippen LogP contribution in [-0.4, -0.2) is 31.5 Å². The van der Waals surface area contributed by atoms with Crippen LogP contribution in [0.25, 0.3) is 16.6 Å². The minimum absolute atomic E-state index is 0.156. The summed E-state index contributed by atoms with van der Waals surface area (Å²) in [5.41, 5.74) is 3.97. The van der Waals surface area contributed by atoms with Crippen molar-refractivity contribution in [3.05, 3.63) is 126 Å². The van der Waals surface area contributed by atoms with E-state index in [-0.39, 0.29) is 30.1 Å². The van der Waals surface area contributed by atoms with Gasteiger partial charge in [-0.05, 0) is 72.1 Å². The Bertz CT molecular complexity index is 1720. The summed E-state index contributed by atoms with van der Waals surface area (Å²) < 4.78 is 15.3. The molecule has 186 valence electrons. The average molecular weight is 503 g/mol. The summed E-state index contributed by atoms with van der Waals surface area (Å²) in [6.45, 7) is 2.21. The van der Waals surface area contributed by atoms with Gasteiger partial charge in [-0.3, -0.25) is 19.5 Å². The molecule has 2 amide bonds. The third kappa shape index (κ3) is 3.11. The van der Waals surface area contributed by atoms with Crippen LogP contribution in [0.2, 0.25) is 0 Å². The van der Waals surface area contributed by atoms with Crippen LogP contribution in [0.4, 0.5) is 4.39 Å². The van der Waals surface area contributed by atoms with E-state index >= 15 is 0 Å². The quantitative estimate of drug-likeness (QED) is 0.314. The van der Waals surface area contributed by atoms with E-state index in [4.69, 9.17) is 0 Å². The van der Waals surface area contributed by atoms with Gasteiger partial charge in [0, 0.05) is 23.2 Å². The van der Waals surface area contributed by atoms with Crippen LogP contribution in [0.15, 0.2) is 97.3 Å². The largest absolute Gasteiger partial charge is 0.277 e. The minimum Gasteiger partial charge on any atom is -0.277 e. The van der Waals surface area contributed by atoms with Crippen LogP contribution >= 0.6 is 0 Å². The number of piperidine rings is 1. The highest BCUT2D eigenvalue weighted by atomic mass is 19.1. The fourth-order valence-electron chi connectivity index (χ4n) is 6.22. The van der Waals surface area contributed by atoms with Gasteiger partial charge in [0.05, 0.1) is 35.3 Å². The first-order valence-corrected chi connectivity index (χ1v) is 12.6. The second kappa shape index (κ2) is 8.18. The summed E-state index contributed by atoms with van der Waals surface area (Å²) in [6, 6.07) is 25.4. The number of aromatic nitrogens is 3. The van der Waals surface area contributed by atoms with Crippen LogP contribution in [-0.2, 0) is 21.5 Å². The summed E-state index contributed by atoms with van der Waals surface area (Å²) in [6.07, 6.45) is 3.45. The Labute approximate surface area is 218 Å². The summed E-state index contributed by atoms with van der Waals surface area (Å²) >= 11 is 0. The maximum absolute atomic E-state index is 14.2. The second-order valence-electron chi connectivity index (χ2n) is 10.1. The number of halogens is 1. The number of fused-ring (bicyclic) bond motifs is 2. The molecular formula is C31H23FN4O2. The van der Waals surface area contributed by atoms with Crippen LogP contribution in [0.1, 0.15) is 28.3 Å². The maximum atomic E-state index is 14.2. The number of rotatable bonds is 5. The van der Waals surface area contributed by atoms with E-state index < -0.39 is 11.3 Å². The molecular weight excluding hydrogens is 479 g/mol. The van der Waals surface area contributed by atoms with Crippen molar-refractivity contribution in [1.29, 1.82) is 0 Å². The van der Waals surface area contributed by atoms with Crippen molar-refractivity contribution < 1.29 is 14.0 Å². The molecule has 1 saturated heterocycles. The Morgan fingerprint density at radius 2 is 1.68 bits per heavy atom. The van der Waals surface area contributed by atoms with Gasteiger partial charge in [0.15, 0.2) is 0 Å². The van der Waals surface area contributed by atoms with Gasteiger partial charge in [-0.1, -0.05) is 36.4 Å². The van der Waals surface area contributed by atoms with Gasteiger partial charge in [-0.25, -0.2) is 9.07 Å². The molecule has 7 heteroatoms. The van der Waals surface area contributed by atoms with Gasteiger partial charge in [0.25, 0.3) is 0 Å². The molecule has 3 atom stereocenters. The number of amides is 2. The minimum atomic E-state index is -1.00. The zero-order valence-corrected chi connectivity index (χ0v) is 20.6.